The third-order valence-corrected chi connectivity index (χ3v) is 1.11. The Labute approximate surface area is 32.2 Å². The smallest absolute Gasteiger partial charge is 0.0768 e. The Hall–Kier alpha value is -0.0400. The van der Waals surface area contributed by atoms with Crippen LogP contribution in [0.2, 0.25) is 0 Å². The monoisotopic (exact) mass is 72.1 g/mol. The number of hydrogen-bond donors (Lipinski definition) is 1. The summed E-state index contributed by atoms with van der Waals surface area (Å²) >= 11 is 0. The van der Waals surface area contributed by atoms with Gasteiger partial charge in [-0.05, 0) is 12.8 Å². The molecule has 0 aliphatic heterocycles. The van der Waals surface area contributed by atoms with Crippen LogP contribution in [0.3, 0.4) is 0 Å². The molecule has 0 radical (unpaired) electrons. The van der Waals surface area contributed by atoms with Crippen LogP contribution in [0.1, 0.15) is 12.8 Å². The van der Waals surface area contributed by atoms with Gasteiger partial charge in [-0.1, -0.05) is 0 Å². The molecule has 0 bridgehead atoms. The Morgan fingerprint density at radius 1 is 1.60 bits per heavy atom. The van der Waals surface area contributed by atoms with E-state index in [-0.39, 0.29) is 0 Å². The lowest BCUT2D eigenvalue weighted by Crippen LogP contribution is -2.51. The normalized spacial score (nSPS) is 23.4. The van der Waals surface area contributed by atoms with Gasteiger partial charge >= 0.3 is 0 Å². The summed E-state index contributed by atoms with van der Waals surface area (Å²) < 4.78 is 0. The first-order valence-electron chi connectivity index (χ1n) is 2.22. The zero-order valence-corrected chi connectivity index (χ0v) is 3.41. The lowest BCUT2D eigenvalue weighted by Gasteiger charge is -1.70. The molecule has 0 aromatic heterocycles. The van der Waals surface area contributed by atoms with Crippen LogP contribution in [-0.2, 0) is 0 Å². The standard InChI is InChI=1S/C4H9N/c5-3-4-1-2-4/h4H,1-3,5H2/p+1. The molecule has 3 N–H and O–H groups in total. The van der Waals surface area contributed by atoms with Crippen LogP contribution >= 0.6 is 0 Å². The van der Waals surface area contributed by atoms with Crippen molar-refractivity contribution in [3.63, 3.8) is 0 Å². The molecule has 1 rings (SSSR count). The van der Waals surface area contributed by atoms with Gasteiger partial charge in [0, 0.05) is 5.92 Å². The molecular formula is C4H10N+. The molecule has 1 saturated carbocycles. The average molecular weight is 72.1 g/mol. The van der Waals surface area contributed by atoms with Crippen LogP contribution in [0.15, 0.2) is 0 Å². The van der Waals surface area contributed by atoms with E-state index in [0.29, 0.717) is 0 Å². The second-order valence-corrected chi connectivity index (χ2v) is 1.73. The molecule has 0 unspecified atom stereocenters. The van der Waals surface area contributed by atoms with Crippen LogP contribution in [0.5, 0.6) is 0 Å². The van der Waals surface area contributed by atoms with Crippen molar-refractivity contribution in [2.75, 3.05) is 6.54 Å². The molecule has 1 fully saturated rings. The van der Waals surface area contributed by atoms with E-state index in [1.807, 2.05) is 0 Å². The maximum absolute atomic E-state index is 3.75. The predicted molar refractivity (Wildman–Crippen MR) is 20.5 cm³/mol. The molecule has 1 aliphatic carbocycles. The van der Waals surface area contributed by atoms with Gasteiger partial charge in [-0.25, -0.2) is 0 Å². The lowest BCUT2D eigenvalue weighted by atomic mass is 10.5. The fourth-order valence-electron chi connectivity index (χ4n) is 0.407. The van der Waals surface area contributed by atoms with Gasteiger partial charge in [0.05, 0.1) is 6.54 Å². The van der Waals surface area contributed by atoms with Gasteiger partial charge in [0.15, 0.2) is 0 Å². The molecule has 0 atom stereocenters. The first-order chi connectivity index (χ1) is 2.43. The predicted octanol–water partition coefficient (Wildman–Crippen LogP) is -0.362. The summed E-state index contributed by atoms with van der Waals surface area (Å²) in [5, 5.41) is 0. The van der Waals surface area contributed by atoms with E-state index in [1.54, 1.807) is 0 Å². The minimum absolute atomic E-state index is 1.02. The van der Waals surface area contributed by atoms with Crippen molar-refractivity contribution < 1.29 is 5.73 Å². The number of quaternary nitrogens is 1. The summed E-state index contributed by atoms with van der Waals surface area (Å²) in [5.74, 6) is 1.02. The highest BCUT2D eigenvalue weighted by molar-refractivity contribution is 4.69. The second kappa shape index (κ2) is 0.977. The van der Waals surface area contributed by atoms with Gasteiger partial charge < -0.3 is 5.73 Å². The van der Waals surface area contributed by atoms with Crippen molar-refractivity contribution in [3.8, 4) is 0 Å². The molecule has 1 heteroatoms. The Morgan fingerprint density at radius 2 is 2.20 bits per heavy atom. The Morgan fingerprint density at radius 3 is 2.20 bits per heavy atom. The molecule has 1 aliphatic rings. The third-order valence-electron chi connectivity index (χ3n) is 1.11. The highest BCUT2D eigenvalue weighted by Gasteiger charge is 2.20. The summed E-state index contributed by atoms with van der Waals surface area (Å²) in [6.45, 7) is 1.17. The van der Waals surface area contributed by atoms with Crippen LogP contribution < -0.4 is 5.73 Å². The second-order valence-electron chi connectivity index (χ2n) is 1.73. The van der Waals surface area contributed by atoms with Crippen molar-refractivity contribution >= 4 is 0 Å². The molecule has 0 spiro atoms. The summed E-state index contributed by atoms with van der Waals surface area (Å²) in [5.41, 5.74) is 3.75. The SMILES string of the molecule is [NH3+]CC1CC1. The number of hydrogen-bond acceptors (Lipinski definition) is 0. The maximum Gasteiger partial charge on any atom is 0.0768 e. The fourth-order valence-corrected chi connectivity index (χ4v) is 0.407. The van der Waals surface area contributed by atoms with Gasteiger partial charge in [0.1, 0.15) is 0 Å². The largest absolute Gasteiger partial charge is 0.357 e. The molecular weight excluding hydrogens is 62.1 g/mol. The zero-order valence-electron chi connectivity index (χ0n) is 3.41. The van der Waals surface area contributed by atoms with Gasteiger partial charge in [-0.3, -0.25) is 0 Å². The van der Waals surface area contributed by atoms with Crippen molar-refractivity contribution in [2.24, 2.45) is 5.92 Å². The highest BCUT2D eigenvalue weighted by Crippen LogP contribution is 2.25. The molecule has 1 nitrogen and oxygen atoms in total. The van der Waals surface area contributed by atoms with E-state index in [4.69, 9.17) is 0 Å². The molecule has 0 saturated heterocycles. The van der Waals surface area contributed by atoms with E-state index in [9.17, 15) is 0 Å². The zero-order chi connectivity index (χ0) is 3.70. The summed E-state index contributed by atoms with van der Waals surface area (Å²) in [7, 11) is 0. The van der Waals surface area contributed by atoms with Gasteiger partial charge in [0.2, 0.25) is 0 Å². The van der Waals surface area contributed by atoms with Crippen molar-refractivity contribution in [1.82, 2.24) is 0 Å². The van der Waals surface area contributed by atoms with E-state index in [2.05, 4.69) is 5.73 Å². The van der Waals surface area contributed by atoms with Gasteiger partial charge in [0.25, 0.3) is 0 Å². The quantitative estimate of drug-likeness (QED) is 0.438. The van der Waals surface area contributed by atoms with E-state index < -0.39 is 0 Å². The van der Waals surface area contributed by atoms with Crippen LogP contribution in [0.4, 0.5) is 0 Å². The summed E-state index contributed by atoms with van der Waals surface area (Å²) in [6.07, 6.45) is 2.90. The van der Waals surface area contributed by atoms with Gasteiger partial charge in [-0.2, -0.15) is 0 Å². The molecule has 0 aromatic carbocycles. The van der Waals surface area contributed by atoms with Crippen LogP contribution in [0.25, 0.3) is 0 Å². The molecule has 0 heterocycles. The highest BCUT2D eigenvalue weighted by atomic mass is 14.6. The molecule has 0 amide bonds. The van der Waals surface area contributed by atoms with Crippen LogP contribution in [0, 0.1) is 5.92 Å². The molecule has 5 heavy (non-hydrogen) atoms. The Balaban J connectivity index is 2.00. The van der Waals surface area contributed by atoms with E-state index >= 15 is 0 Å². The summed E-state index contributed by atoms with van der Waals surface area (Å²) in [4.78, 5) is 0. The first-order valence-corrected chi connectivity index (χ1v) is 2.22. The first kappa shape index (κ1) is 3.16. The Kier molecular flexibility index (Phi) is 0.618. The lowest BCUT2D eigenvalue weighted by molar-refractivity contribution is -0.372. The van der Waals surface area contributed by atoms with Crippen LogP contribution in [-0.4, -0.2) is 6.54 Å². The van der Waals surface area contributed by atoms with Crippen molar-refractivity contribution in [3.05, 3.63) is 0 Å². The minimum Gasteiger partial charge on any atom is -0.357 e. The average Bonchev–Trinajstić information content (AvgIpc) is 2.12. The minimum atomic E-state index is 1.02. The van der Waals surface area contributed by atoms with E-state index in [0.717, 1.165) is 5.92 Å². The topological polar surface area (TPSA) is 27.6 Å². The molecule has 30 valence electrons. The van der Waals surface area contributed by atoms with Gasteiger partial charge in [-0.15, -0.1) is 0 Å². The third kappa shape index (κ3) is 0.618. The summed E-state index contributed by atoms with van der Waals surface area (Å²) in [6, 6.07) is 0. The number of rotatable bonds is 1. The maximum atomic E-state index is 3.75. The van der Waals surface area contributed by atoms with Crippen molar-refractivity contribution in [1.29, 1.82) is 0 Å². The Bertz CT molecular complexity index is 30.6. The fraction of sp³-hybridized carbons (Fsp3) is 1.00. The molecule has 0 aromatic rings. The van der Waals surface area contributed by atoms with Crippen molar-refractivity contribution in [2.45, 2.75) is 12.8 Å². The van der Waals surface area contributed by atoms with E-state index in [1.165, 1.54) is 19.4 Å².